The Kier molecular flexibility index (Phi) is 2.30. The fraction of sp³-hybridized carbons (Fsp3) is 1.00. The van der Waals surface area contributed by atoms with Crippen LogP contribution < -0.4 is 0 Å². The third kappa shape index (κ3) is 2.69. The summed E-state index contributed by atoms with van der Waals surface area (Å²) in [5, 5.41) is 0. The molecule has 1 fully saturated rings. The Labute approximate surface area is 42.4 Å². The van der Waals surface area contributed by atoms with E-state index in [1.54, 1.807) is 0 Å². The summed E-state index contributed by atoms with van der Waals surface area (Å²) in [5.74, 6) is 0. The molecule has 0 aromatic heterocycles. The lowest BCUT2D eigenvalue weighted by molar-refractivity contribution is 0.475. The molecule has 0 atom stereocenters. The highest BCUT2D eigenvalue weighted by Gasteiger charge is 1.94. The summed E-state index contributed by atoms with van der Waals surface area (Å²) in [5.41, 5.74) is 0. The molecule has 1 aliphatic heterocycles. The van der Waals surface area contributed by atoms with Gasteiger partial charge >= 0.3 is 0 Å². The summed E-state index contributed by atoms with van der Waals surface area (Å²) in [7, 11) is 0. The summed E-state index contributed by atoms with van der Waals surface area (Å²) in [6, 6.07) is 0. The van der Waals surface area contributed by atoms with Crippen molar-refractivity contribution in [2.45, 2.75) is 0 Å². The van der Waals surface area contributed by atoms with Crippen LogP contribution >= 0.6 is 24.0 Å². The van der Waals surface area contributed by atoms with E-state index in [1.807, 2.05) is 0 Å². The highest BCUT2D eigenvalue weighted by Crippen LogP contribution is 1.84. The molecule has 0 saturated carbocycles. The number of hydrogen-bond acceptors (Lipinski definition) is 1. The van der Waals surface area contributed by atoms with Crippen molar-refractivity contribution >= 4 is 24.0 Å². The van der Waals surface area contributed by atoms with Crippen LogP contribution in [0.2, 0.25) is 0 Å². The molecule has 1 nitrogen and oxygen atoms in total. The zero-order valence-corrected chi connectivity index (χ0v) is 4.56. The molecule has 2 heteroatoms. The summed E-state index contributed by atoms with van der Waals surface area (Å²) in [4.78, 5) is 0. The minimum atomic E-state index is 0. The van der Waals surface area contributed by atoms with E-state index in [-0.39, 0.29) is 24.0 Å². The lowest BCUT2D eigenvalue weighted by Gasteiger charge is -1.24. The summed E-state index contributed by atoms with van der Waals surface area (Å²) in [6.45, 7) is 2.00. The Morgan fingerprint density at radius 1 is 1.25 bits per heavy atom. The monoisotopic (exact) mass is 172 g/mol. The van der Waals surface area contributed by atoms with Crippen LogP contribution in [0.25, 0.3) is 0 Å². The summed E-state index contributed by atoms with van der Waals surface area (Å²) >= 11 is 0. The van der Waals surface area contributed by atoms with Crippen LogP contribution in [0.4, 0.5) is 0 Å². The van der Waals surface area contributed by atoms with Gasteiger partial charge in [0.25, 0.3) is 0 Å². The molecule has 0 N–H and O–H groups in total. The average Bonchev–Trinajstić information content (AvgIpc) is 1.46. The Morgan fingerprint density at radius 2 is 1.50 bits per heavy atom. The van der Waals surface area contributed by atoms with Gasteiger partial charge in [-0.1, -0.05) is 0 Å². The number of ether oxygens (including phenoxy) is 1. The first-order valence-electron chi connectivity index (χ1n) is 1.08. The molecular weight excluding hydrogens is 167 g/mol. The van der Waals surface area contributed by atoms with E-state index in [1.165, 1.54) is 0 Å². The van der Waals surface area contributed by atoms with Gasteiger partial charge < -0.3 is 4.74 Å². The predicted molar refractivity (Wildman–Crippen MR) is 26.2 cm³/mol. The molecule has 0 bridgehead atoms. The number of halogens is 1. The highest BCUT2D eigenvalue weighted by molar-refractivity contribution is 14.0. The SMILES string of the molecule is C1CO1.I. The van der Waals surface area contributed by atoms with Gasteiger partial charge in [0, 0.05) is 0 Å². The van der Waals surface area contributed by atoms with Crippen molar-refractivity contribution in [3.8, 4) is 0 Å². The molecule has 1 saturated heterocycles. The zero-order chi connectivity index (χ0) is 2.12. The average molecular weight is 172 g/mol. The van der Waals surface area contributed by atoms with E-state index in [0.717, 1.165) is 13.2 Å². The van der Waals surface area contributed by atoms with E-state index >= 15 is 0 Å². The van der Waals surface area contributed by atoms with Gasteiger partial charge in [0.15, 0.2) is 0 Å². The van der Waals surface area contributed by atoms with E-state index < -0.39 is 0 Å². The van der Waals surface area contributed by atoms with E-state index in [2.05, 4.69) is 4.74 Å². The van der Waals surface area contributed by atoms with Crippen molar-refractivity contribution in [1.82, 2.24) is 0 Å². The van der Waals surface area contributed by atoms with Gasteiger partial charge in [0.05, 0.1) is 13.2 Å². The highest BCUT2D eigenvalue weighted by atomic mass is 127. The number of hydrogen-bond donors (Lipinski definition) is 0. The van der Waals surface area contributed by atoms with Gasteiger partial charge in [-0.15, -0.1) is 24.0 Å². The Balaban J connectivity index is 0.0000000900. The van der Waals surface area contributed by atoms with Gasteiger partial charge in [0.1, 0.15) is 0 Å². The van der Waals surface area contributed by atoms with Crippen LogP contribution in [-0.2, 0) is 4.74 Å². The quantitative estimate of drug-likeness (QED) is 0.385. The molecule has 0 amide bonds. The molecule has 26 valence electrons. The van der Waals surface area contributed by atoms with Crippen molar-refractivity contribution in [1.29, 1.82) is 0 Å². The third-order valence-electron chi connectivity index (χ3n) is 0.204. The molecule has 0 radical (unpaired) electrons. The van der Waals surface area contributed by atoms with Crippen LogP contribution in [0.1, 0.15) is 0 Å². The van der Waals surface area contributed by atoms with Gasteiger partial charge in [-0.05, 0) is 0 Å². The molecule has 0 aliphatic carbocycles. The van der Waals surface area contributed by atoms with E-state index in [9.17, 15) is 0 Å². The number of epoxide rings is 1. The fourth-order valence-electron chi connectivity index (χ4n) is 0. The van der Waals surface area contributed by atoms with Crippen LogP contribution in [0.5, 0.6) is 0 Å². The fourth-order valence-corrected chi connectivity index (χ4v) is 0. The Bertz CT molecular complexity index is 10.8. The lowest BCUT2D eigenvalue weighted by atomic mass is 11.0. The lowest BCUT2D eigenvalue weighted by Crippen LogP contribution is -1.20. The largest absolute Gasteiger partial charge is 0.377 e. The topological polar surface area (TPSA) is 12.5 Å². The van der Waals surface area contributed by atoms with Gasteiger partial charge in [-0.3, -0.25) is 0 Å². The molecule has 0 spiro atoms. The molecule has 1 aliphatic rings. The first-order chi connectivity index (χ1) is 1.50. The predicted octanol–water partition coefficient (Wildman–Crippen LogP) is 0.635. The van der Waals surface area contributed by atoms with Gasteiger partial charge in [0.2, 0.25) is 0 Å². The second kappa shape index (κ2) is 1.96. The zero-order valence-electron chi connectivity index (χ0n) is 2.23. The number of rotatable bonds is 0. The van der Waals surface area contributed by atoms with Crippen LogP contribution in [0.15, 0.2) is 0 Å². The van der Waals surface area contributed by atoms with Crippen molar-refractivity contribution in [3.63, 3.8) is 0 Å². The van der Waals surface area contributed by atoms with Crippen molar-refractivity contribution < 1.29 is 4.74 Å². The maximum atomic E-state index is 4.50. The first kappa shape index (κ1) is 4.69. The van der Waals surface area contributed by atoms with Crippen LogP contribution in [0.3, 0.4) is 0 Å². The normalized spacial score (nSPS) is 18.0. The van der Waals surface area contributed by atoms with Crippen molar-refractivity contribution in [3.05, 3.63) is 0 Å². The standard InChI is InChI=1S/C2H4O.HI/c1-2-3-1;/h1-2H2;1H. The van der Waals surface area contributed by atoms with Crippen LogP contribution in [-0.4, -0.2) is 13.2 Å². The summed E-state index contributed by atoms with van der Waals surface area (Å²) < 4.78 is 4.50. The second-order valence-electron chi connectivity index (χ2n) is 0.612. The van der Waals surface area contributed by atoms with Crippen LogP contribution in [0, 0.1) is 0 Å². The molecule has 4 heavy (non-hydrogen) atoms. The first-order valence-corrected chi connectivity index (χ1v) is 1.08. The molecule has 0 aromatic rings. The molecule has 1 rings (SSSR count). The maximum Gasteiger partial charge on any atom is 0.0701 e. The maximum absolute atomic E-state index is 4.50. The summed E-state index contributed by atoms with van der Waals surface area (Å²) in [6.07, 6.45) is 0. The molecule has 1 heterocycles. The second-order valence-corrected chi connectivity index (χ2v) is 0.612. The van der Waals surface area contributed by atoms with Crippen molar-refractivity contribution in [2.24, 2.45) is 0 Å². The molecule has 0 unspecified atom stereocenters. The van der Waals surface area contributed by atoms with Gasteiger partial charge in [-0.2, -0.15) is 0 Å². The Morgan fingerprint density at radius 3 is 1.50 bits per heavy atom. The Hall–Kier alpha value is 0.690. The minimum absolute atomic E-state index is 0. The van der Waals surface area contributed by atoms with E-state index in [4.69, 9.17) is 0 Å². The van der Waals surface area contributed by atoms with Gasteiger partial charge in [-0.25, -0.2) is 0 Å². The smallest absolute Gasteiger partial charge is 0.0701 e. The van der Waals surface area contributed by atoms with E-state index in [0.29, 0.717) is 0 Å². The molecular formula is C2H5IO. The van der Waals surface area contributed by atoms with Crippen molar-refractivity contribution in [2.75, 3.05) is 13.2 Å². The molecule has 0 aromatic carbocycles. The minimum Gasteiger partial charge on any atom is -0.377 e. The third-order valence-corrected chi connectivity index (χ3v) is 0.204.